The van der Waals surface area contributed by atoms with Gasteiger partial charge in [-0.05, 0) is 70.4 Å². The van der Waals surface area contributed by atoms with Crippen LogP contribution in [0.4, 0.5) is 16.4 Å². The third-order valence-electron chi connectivity index (χ3n) is 5.82. The van der Waals surface area contributed by atoms with Gasteiger partial charge in [0, 0.05) is 0 Å². The highest BCUT2D eigenvalue weighted by Crippen LogP contribution is 2.15. The number of hydrogen-bond acceptors (Lipinski definition) is 0. The lowest BCUT2D eigenvalue weighted by molar-refractivity contribution is 0.817. The van der Waals surface area contributed by atoms with E-state index in [1.807, 2.05) is 0 Å². The van der Waals surface area contributed by atoms with E-state index in [1.165, 1.54) is 39.3 Å². The molecule has 32 heavy (non-hydrogen) atoms. The molecule has 3 rings (SSSR count). The van der Waals surface area contributed by atoms with Gasteiger partial charge in [0.1, 0.15) is 0 Å². The topological polar surface area (TPSA) is 0 Å². The second-order valence-electron chi connectivity index (χ2n) is 9.71. The first-order chi connectivity index (χ1) is 14.7. The summed E-state index contributed by atoms with van der Waals surface area (Å²) in [6, 6.07) is 20.0. The number of hydrogen-bond donors (Lipinski definition) is 0. The summed E-state index contributed by atoms with van der Waals surface area (Å²) in [7, 11) is -14.8. The summed E-state index contributed by atoms with van der Waals surface area (Å²) < 4.78 is 64.5. The Hall–Kier alpha value is -1.75. The molecule has 0 nitrogen and oxygen atoms in total. The molecule has 3 aromatic rings. The molecule has 3 aromatic carbocycles. The van der Waals surface area contributed by atoms with Crippen molar-refractivity contribution in [2.75, 3.05) is 0 Å². The van der Waals surface area contributed by atoms with Crippen molar-refractivity contribution in [1.29, 1.82) is 0 Å². The van der Waals surface area contributed by atoms with Crippen LogP contribution in [0.1, 0.15) is 0 Å². The highest BCUT2D eigenvalue weighted by atomic mass is 28.4. The fourth-order valence-corrected chi connectivity index (χ4v) is 15.4. The maximum Gasteiger partial charge on any atom is 0.339 e. The first-order valence-corrected chi connectivity index (χ1v) is 21.2. The van der Waals surface area contributed by atoms with Gasteiger partial charge in [0.15, 0.2) is 0 Å². The Bertz CT molecular complexity index is 972. The van der Waals surface area contributed by atoms with Gasteiger partial charge in [-0.25, -0.2) is 0 Å². The molecule has 0 radical (unpaired) electrons. The Kier molecular flexibility index (Phi) is 6.65. The van der Waals surface area contributed by atoms with E-state index in [4.69, 9.17) is 0 Å². The molecule has 0 atom stereocenters. The molecule has 0 aliphatic heterocycles. The summed E-state index contributed by atoms with van der Waals surface area (Å²) in [6.07, 6.45) is 0. The van der Waals surface area contributed by atoms with E-state index < -0.39 is 33.6 Å². The van der Waals surface area contributed by atoms with Gasteiger partial charge in [0.25, 0.3) is 25.2 Å². The van der Waals surface area contributed by atoms with E-state index in [-0.39, 0.29) is 15.6 Å². The van der Waals surface area contributed by atoms with E-state index in [0.29, 0.717) is 15.6 Å². The molecule has 0 amide bonds. The monoisotopic (exact) mass is 506 g/mol. The minimum absolute atomic E-state index is 0.274. The molecular formula is C24H30F4Si4. The average molecular weight is 507 g/mol. The van der Waals surface area contributed by atoms with Crippen molar-refractivity contribution in [2.45, 2.75) is 39.3 Å². The molecule has 0 unspecified atom stereocenters. The van der Waals surface area contributed by atoms with Gasteiger partial charge in [-0.3, -0.25) is 4.11 Å². The molecule has 0 fully saturated rings. The minimum atomic E-state index is -4.46. The lowest BCUT2D eigenvalue weighted by Gasteiger charge is -2.34. The van der Waals surface area contributed by atoms with Crippen LogP contribution in [-0.2, 0) is 0 Å². The molecule has 0 N–H and O–H groups in total. The second kappa shape index (κ2) is 8.55. The minimum Gasteiger partial charge on any atom is -0.308 e. The maximum absolute atomic E-state index is 18.1. The zero-order valence-corrected chi connectivity index (χ0v) is 23.4. The fraction of sp³-hybridized carbons (Fsp3) is 0.250. The van der Waals surface area contributed by atoms with Crippen molar-refractivity contribution in [3.05, 3.63) is 72.8 Å². The molecule has 0 bridgehead atoms. The summed E-state index contributed by atoms with van der Waals surface area (Å²) in [5.41, 5.74) is 0. The average Bonchev–Trinajstić information content (AvgIpc) is 2.71. The van der Waals surface area contributed by atoms with Gasteiger partial charge in [0.05, 0.1) is 0 Å². The zero-order valence-electron chi connectivity index (χ0n) is 19.4. The molecule has 0 saturated carbocycles. The number of halogens is 4. The van der Waals surface area contributed by atoms with E-state index in [2.05, 4.69) is 0 Å². The van der Waals surface area contributed by atoms with Crippen LogP contribution in [0.15, 0.2) is 72.8 Å². The SMILES string of the molecule is C[Si](C)(F)c1ccccc1[Si](F)(c1ccccc1[Si](C)(C)F)c1ccccc1[Si](C)(C)F. The van der Waals surface area contributed by atoms with E-state index in [1.54, 1.807) is 72.8 Å². The first-order valence-electron chi connectivity index (χ1n) is 10.7. The lowest BCUT2D eigenvalue weighted by Crippen LogP contribution is -2.77. The largest absolute Gasteiger partial charge is 0.339 e. The normalized spacial score (nSPS) is 13.3. The summed E-state index contributed by atoms with van der Waals surface area (Å²) in [4.78, 5) is 0. The van der Waals surface area contributed by atoms with Crippen molar-refractivity contribution >= 4 is 64.8 Å². The predicted octanol–water partition coefficient (Wildman–Crippen LogP) is 3.77. The van der Waals surface area contributed by atoms with Crippen LogP contribution < -0.4 is 31.1 Å². The summed E-state index contributed by atoms with van der Waals surface area (Å²) in [6.45, 7) is 9.17. The number of rotatable bonds is 6. The zero-order chi connectivity index (χ0) is 23.9. The van der Waals surface area contributed by atoms with Crippen LogP contribution in [0, 0.1) is 0 Å². The van der Waals surface area contributed by atoms with E-state index in [0.717, 1.165) is 0 Å². The van der Waals surface area contributed by atoms with Crippen LogP contribution >= 0.6 is 0 Å². The molecule has 170 valence electrons. The van der Waals surface area contributed by atoms with Gasteiger partial charge in [-0.15, -0.1) is 0 Å². The van der Waals surface area contributed by atoms with Gasteiger partial charge >= 0.3 is 8.41 Å². The van der Waals surface area contributed by atoms with Crippen LogP contribution in [0.5, 0.6) is 0 Å². The molecule has 0 spiro atoms. The van der Waals surface area contributed by atoms with Crippen molar-refractivity contribution in [3.8, 4) is 0 Å². The highest BCUT2D eigenvalue weighted by Gasteiger charge is 2.51. The van der Waals surface area contributed by atoms with Crippen molar-refractivity contribution in [2.24, 2.45) is 0 Å². The Morgan fingerprint density at radius 2 is 0.562 bits per heavy atom. The Balaban J connectivity index is 2.54. The van der Waals surface area contributed by atoms with Gasteiger partial charge in [-0.2, -0.15) is 0 Å². The first kappa shape index (κ1) is 24.9. The molecular weight excluding hydrogens is 477 g/mol. The van der Waals surface area contributed by atoms with Crippen LogP contribution in [0.2, 0.25) is 39.3 Å². The van der Waals surface area contributed by atoms with Crippen molar-refractivity contribution in [3.63, 3.8) is 0 Å². The van der Waals surface area contributed by atoms with Crippen molar-refractivity contribution in [1.82, 2.24) is 0 Å². The van der Waals surface area contributed by atoms with Crippen LogP contribution in [0.25, 0.3) is 0 Å². The third kappa shape index (κ3) is 4.64. The standard InChI is InChI=1S/C24H30F4Si4/c1-29(2,25)19-13-7-10-16-22(19)32(28,23-17-11-8-14-20(23)30(3,4)26)24-18-12-9-15-21(24)31(5,6)27/h7-18H,1-6H3. The highest BCUT2D eigenvalue weighted by molar-refractivity contribution is 7.14. The summed E-state index contributed by atoms with van der Waals surface area (Å²) >= 11 is 0. The van der Waals surface area contributed by atoms with Crippen molar-refractivity contribution < 1.29 is 16.4 Å². The molecule has 0 aliphatic carbocycles. The van der Waals surface area contributed by atoms with Gasteiger partial charge < -0.3 is 12.3 Å². The molecule has 0 heterocycles. The number of benzene rings is 3. The Morgan fingerprint density at radius 3 is 0.750 bits per heavy atom. The van der Waals surface area contributed by atoms with Gasteiger partial charge in [-0.1, -0.05) is 72.8 Å². The molecule has 0 aromatic heterocycles. The Morgan fingerprint density at radius 1 is 0.375 bits per heavy atom. The summed E-state index contributed by atoms with van der Waals surface area (Å²) in [5, 5.41) is 1.89. The van der Waals surface area contributed by atoms with E-state index in [9.17, 15) is 0 Å². The second-order valence-corrected chi connectivity index (χ2v) is 23.1. The molecule has 0 saturated heterocycles. The van der Waals surface area contributed by atoms with Crippen LogP contribution in [-0.4, -0.2) is 33.6 Å². The third-order valence-corrected chi connectivity index (χ3v) is 15.3. The quantitative estimate of drug-likeness (QED) is 0.207. The molecule has 8 heteroatoms. The van der Waals surface area contributed by atoms with E-state index >= 15 is 16.4 Å². The summed E-state index contributed by atoms with van der Waals surface area (Å²) in [5.74, 6) is 0. The fourth-order valence-electron chi connectivity index (χ4n) is 4.34. The smallest absolute Gasteiger partial charge is 0.308 e. The molecule has 0 aliphatic rings. The predicted molar refractivity (Wildman–Crippen MR) is 140 cm³/mol. The maximum atomic E-state index is 18.1. The lowest BCUT2D eigenvalue weighted by atomic mass is 10.3. The van der Waals surface area contributed by atoms with Crippen LogP contribution in [0.3, 0.4) is 0 Å². The Labute approximate surface area is 193 Å². The van der Waals surface area contributed by atoms with Gasteiger partial charge in [0.2, 0.25) is 0 Å².